The summed E-state index contributed by atoms with van der Waals surface area (Å²) in [6, 6.07) is 0.807. The van der Waals surface area contributed by atoms with Gasteiger partial charge < -0.3 is 15.8 Å². The predicted molar refractivity (Wildman–Crippen MR) is 110 cm³/mol. The van der Waals surface area contributed by atoms with Crippen molar-refractivity contribution >= 4 is 27.3 Å². The maximum atomic E-state index is 15.0. The number of carbonyl (C=O) groups is 1. The molecule has 0 bridgehead atoms. The standard InChI is InChI=1S/C19H19F4N5O4S/c1-18(33(2,30)31)8-19(22,23)15(28-17(18)24)11-5-10(3-4-12(11)21)27-16(29)13-6-26-14(7-25-13)32-9-20/h3-7,15H,8-9H2,1-2H3,(H2,24,28)(H,27,29). The van der Waals surface area contributed by atoms with Gasteiger partial charge in [0.2, 0.25) is 12.7 Å². The maximum Gasteiger partial charge on any atom is 0.276 e. The molecule has 3 rings (SSSR count). The van der Waals surface area contributed by atoms with Crippen molar-refractivity contribution in [3.8, 4) is 5.88 Å². The molecule has 33 heavy (non-hydrogen) atoms. The number of nitrogens with zero attached hydrogens (tertiary/aromatic N) is 3. The predicted octanol–water partition coefficient (Wildman–Crippen LogP) is 2.41. The smallest absolute Gasteiger partial charge is 0.276 e. The van der Waals surface area contributed by atoms with Gasteiger partial charge in [0, 0.05) is 23.9 Å². The number of aliphatic imine (C=N–C) groups is 1. The molecule has 2 atom stereocenters. The lowest BCUT2D eigenvalue weighted by Crippen LogP contribution is -2.55. The van der Waals surface area contributed by atoms with E-state index in [1.54, 1.807) is 0 Å². The molecule has 9 nitrogen and oxygen atoms in total. The van der Waals surface area contributed by atoms with E-state index in [-0.39, 0.29) is 17.3 Å². The largest absolute Gasteiger partial charge is 0.445 e. The molecule has 0 spiro atoms. The van der Waals surface area contributed by atoms with Crippen molar-refractivity contribution in [2.45, 2.75) is 30.1 Å². The van der Waals surface area contributed by atoms with Crippen LogP contribution in [0, 0.1) is 5.82 Å². The molecule has 1 aromatic carbocycles. The lowest BCUT2D eigenvalue weighted by molar-refractivity contribution is -0.0432. The van der Waals surface area contributed by atoms with E-state index in [9.17, 15) is 30.8 Å². The van der Waals surface area contributed by atoms with E-state index in [1.165, 1.54) is 0 Å². The van der Waals surface area contributed by atoms with Crippen molar-refractivity contribution in [3.63, 3.8) is 0 Å². The normalized spacial score (nSPS) is 22.4. The molecule has 0 saturated heterocycles. The molecule has 2 heterocycles. The number of halogens is 4. The Kier molecular flexibility index (Phi) is 6.33. The molecule has 0 saturated carbocycles. The first-order valence-corrected chi connectivity index (χ1v) is 11.2. The molecule has 14 heteroatoms. The lowest BCUT2D eigenvalue weighted by atomic mass is 9.88. The summed E-state index contributed by atoms with van der Waals surface area (Å²) in [5.41, 5.74) is 4.86. The summed E-state index contributed by atoms with van der Waals surface area (Å²) in [5.74, 6) is -6.35. The van der Waals surface area contributed by atoms with Crippen molar-refractivity contribution in [2.75, 3.05) is 18.4 Å². The summed E-state index contributed by atoms with van der Waals surface area (Å²) in [7, 11) is -4.05. The van der Waals surface area contributed by atoms with E-state index in [2.05, 4.69) is 25.0 Å². The van der Waals surface area contributed by atoms with Crippen molar-refractivity contribution in [1.29, 1.82) is 0 Å². The topological polar surface area (TPSA) is 137 Å². The average Bonchev–Trinajstić information content (AvgIpc) is 2.72. The Morgan fingerprint density at radius 2 is 2.00 bits per heavy atom. The van der Waals surface area contributed by atoms with Crippen LogP contribution in [0.1, 0.15) is 35.4 Å². The lowest BCUT2D eigenvalue weighted by Gasteiger charge is -2.38. The third-order valence-corrected chi connectivity index (χ3v) is 7.20. The van der Waals surface area contributed by atoms with Crippen LogP contribution in [-0.2, 0) is 9.84 Å². The number of benzene rings is 1. The van der Waals surface area contributed by atoms with Crippen LogP contribution < -0.4 is 15.8 Å². The molecular formula is C19H19F4N5O4S. The van der Waals surface area contributed by atoms with Gasteiger partial charge in [0.1, 0.15) is 28.1 Å². The summed E-state index contributed by atoms with van der Waals surface area (Å²) in [5, 5.41) is 2.35. The van der Waals surface area contributed by atoms with Gasteiger partial charge in [-0.15, -0.1) is 0 Å². The molecule has 1 aliphatic rings. The van der Waals surface area contributed by atoms with E-state index in [0.717, 1.165) is 43.8 Å². The quantitative estimate of drug-likeness (QED) is 0.595. The molecule has 178 valence electrons. The first kappa shape index (κ1) is 24.4. The SMILES string of the molecule is CC1(S(C)(=O)=O)CC(F)(F)C(c2cc(NC(=O)c3cnc(OCF)cn3)ccc2F)N=C1N. The van der Waals surface area contributed by atoms with Crippen LogP contribution in [0.2, 0.25) is 0 Å². The molecule has 2 unspecified atom stereocenters. The molecule has 2 aromatic rings. The average molecular weight is 489 g/mol. The number of ether oxygens (including phenoxy) is 1. The number of carbonyl (C=O) groups excluding carboxylic acids is 1. The van der Waals surface area contributed by atoms with Gasteiger partial charge >= 0.3 is 0 Å². The van der Waals surface area contributed by atoms with Crippen LogP contribution in [0.25, 0.3) is 0 Å². The fraction of sp³-hybridized carbons (Fsp3) is 0.368. The van der Waals surface area contributed by atoms with Crippen LogP contribution in [0.4, 0.5) is 23.2 Å². The van der Waals surface area contributed by atoms with Crippen LogP contribution >= 0.6 is 0 Å². The second-order valence-electron chi connectivity index (χ2n) is 7.54. The zero-order valence-corrected chi connectivity index (χ0v) is 18.2. The van der Waals surface area contributed by atoms with Gasteiger partial charge in [0.15, 0.2) is 9.84 Å². The highest BCUT2D eigenvalue weighted by Crippen LogP contribution is 2.47. The number of alkyl halides is 3. The summed E-state index contributed by atoms with van der Waals surface area (Å²) in [4.78, 5) is 23.4. The number of rotatable bonds is 6. The van der Waals surface area contributed by atoms with E-state index in [4.69, 9.17) is 5.73 Å². The number of hydrogen-bond acceptors (Lipinski definition) is 8. The first-order chi connectivity index (χ1) is 15.3. The Hall–Kier alpha value is -3.29. The van der Waals surface area contributed by atoms with E-state index >= 15 is 0 Å². The maximum absolute atomic E-state index is 15.0. The minimum Gasteiger partial charge on any atom is -0.445 e. The second kappa shape index (κ2) is 8.57. The minimum absolute atomic E-state index is 0.0664. The number of sulfone groups is 1. The Balaban J connectivity index is 1.92. The number of anilines is 1. The summed E-state index contributed by atoms with van der Waals surface area (Å²) >= 11 is 0. The Morgan fingerprint density at radius 1 is 1.30 bits per heavy atom. The molecule has 1 aromatic heterocycles. The van der Waals surface area contributed by atoms with Crippen molar-refractivity contribution in [2.24, 2.45) is 10.7 Å². The molecule has 0 fully saturated rings. The number of amides is 1. The molecule has 3 N–H and O–H groups in total. The number of amidine groups is 1. The first-order valence-electron chi connectivity index (χ1n) is 9.31. The van der Waals surface area contributed by atoms with Crippen LogP contribution in [0.15, 0.2) is 35.6 Å². The number of aromatic nitrogens is 2. The second-order valence-corrected chi connectivity index (χ2v) is 9.99. The van der Waals surface area contributed by atoms with Crippen LogP contribution in [-0.4, -0.2) is 53.9 Å². The minimum atomic E-state index is -4.05. The zero-order valence-electron chi connectivity index (χ0n) is 17.4. The Morgan fingerprint density at radius 3 is 2.58 bits per heavy atom. The summed E-state index contributed by atoms with van der Waals surface area (Å²) in [6.45, 7) is -0.107. The number of nitrogens with two attached hydrogens (primary N) is 1. The van der Waals surface area contributed by atoms with Crippen molar-refractivity contribution in [1.82, 2.24) is 9.97 Å². The molecular weight excluding hydrogens is 470 g/mol. The summed E-state index contributed by atoms with van der Waals surface area (Å²) < 4.78 is 82.9. The Bertz CT molecular complexity index is 1210. The van der Waals surface area contributed by atoms with Gasteiger partial charge in [-0.05, 0) is 25.1 Å². The van der Waals surface area contributed by atoms with Gasteiger partial charge in [-0.2, -0.15) is 0 Å². The molecule has 1 amide bonds. The van der Waals surface area contributed by atoms with Crippen LogP contribution in [0.3, 0.4) is 0 Å². The molecule has 0 radical (unpaired) electrons. The van der Waals surface area contributed by atoms with Crippen molar-refractivity contribution < 1.29 is 35.5 Å². The molecule has 0 aliphatic carbocycles. The fourth-order valence-corrected chi connectivity index (χ4v) is 4.10. The Labute approximate surface area is 186 Å². The van der Waals surface area contributed by atoms with E-state index in [0.29, 0.717) is 0 Å². The fourth-order valence-electron chi connectivity index (χ4n) is 3.22. The van der Waals surface area contributed by atoms with Gasteiger partial charge in [-0.3, -0.25) is 9.79 Å². The van der Waals surface area contributed by atoms with E-state index < -0.39 is 63.0 Å². The van der Waals surface area contributed by atoms with Gasteiger partial charge in [-0.1, -0.05) is 0 Å². The van der Waals surface area contributed by atoms with Gasteiger partial charge in [0.25, 0.3) is 11.8 Å². The third kappa shape index (κ3) is 4.74. The highest BCUT2D eigenvalue weighted by atomic mass is 32.2. The van der Waals surface area contributed by atoms with Gasteiger partial charge in [0.05, 0.1) is 12.4 Å². The number of hydrogen-bond donors (Lipinski definition) is 2. The third-order valence-electron chi connectivity index (χ3n) is 5.21. The molecule has 1 aliphatic heterocycles. The zero-order chi connectivity index (χ0) is 24.6. The van der Waals surface area contributed by atoms with Gasteiger partial charge in [-0.25, -0.2) is 35.9 Å². The highest BCUT2D eigenvalue weighted by Gasteiger charge is 2.56. The monoisotopic (exact) mass is 489 g/mol. The van der Waals surface area contributed by atoms with Crippen LogP contribution in [0.5, 0.6) is 5.88 Å². The van der Waals surface area contributed by atoms with Crippen molar-refractivity contribution in [3.05, 3.63) is 47.7 Å². The van der Waals surface area contributed by atoms with E-state index in [1.807, 2.05) is 0 Å². The number of nitrogens with one attached hydrogen (secondary N) is 1. The summed E-state index contributed by atoms with van der Waals surface area (Å²) in [6.07, 6.45) is 1.57. The highest BCUT2D eigenvalue weighted by molar-refractivity contribution is 7.92.